The number of hydrogen-bond acceptors (Lipinski definition) is 5. The van der Waals surface area contributed by atoms with Crippen LogP contribution < -0.4 is 16.6 Å². The van der Waals surface area contributed by atoms with Crippen LogP contribution in [0.25, 0.3) is 0 Å². The number of carbonyl (C=O) groups excluding carboxylic acids is 1. The third-order valence-electron chi connectivity index (χ3n) is 2.42. The third kappa shape index (κ3) is 3.52. The fraction of sp³-hybridized carbons (Fsp3) is 0.182. The van der Waals surface area contributed by atoms with Crippen LogP contribution in [0.2, 0.25) is 0 Å². The Labute approximate surface area is 118 Å². The van der Waals surface area contributed by atoms with E-state index in [9.17, 15) is 4.79 Å². The number of nitrogens with one attached hydrogen (secondary N) is 2. The maximum atomic E-state index is 12.0. The highest BCUT2D eigenvalue weighted by Crippen LogP contribution is 2.16. The van der Waals surface area contributed by atoms with Gasteiger partial charge in [-0.15, -0.1) is 0 Å². The van der Waals surface area contributed by atoms with E-state index in [1.807, 2.05) is 12.3 Å². The Morgan fingerprint density at radius 1 is 1.53 bits per heavy atom. The predicted octanol–water partition coefficient (Wildman–Crippen LogP) is 0.756. The van der Waals surface area contributed by atoms with Gasteiger partial charge >= 0.3 is 0 Å². The number of nitrogens with two attached hydrogens (primary N) is 1. The molecule has 0 atom stereocenters. The van der Waals surface area contributed by atoms with Crippen molar-refractivity contribution in [3.63, 3.8) is 0 Å². The molecule has 0 saturated heterocycles. The molecule has 2 aromatic rings. The van der Waals surface area contributed by atoms with Gasteiger partial charge in [0.2, 0.25) is 0 Å². The molecule has 2 heterocycles. The highest BCUT2D eigenvalue weighted by Gasteiger charge is 2.12. The molecule has 0 spiro atoms. The van der Waals surface area contributed by atoms with E-state index in [4.69, 9.17) is 5.84 Å². The zero-order chi connectivity index (χ0) is 13.7. The average molecular weight is 325 g/mol. The van der Waals surface area contributed by atoms with Crippen molar-refractivity contribution in [2.45, 2.75) is 6.54 Å². The minimum Gasteiger partial charge on any atom is -0.350 e. The number of hydrazine groups is 1. The Morgan fingerprint density at radius 3 is 3.05 bits per heavy atom. The summed E-state index contributed by atoms with van der Waals surface area (Å²) >= 11 is 3.27. The maximum absolute atomic E-state index is 12.0. The van der Waals surface area contributed by atoms with E-state index in [0.717, 1.165) is 0 Å². The summed E-state index contributed by atoms with van der Waals surface area (Å²) < 4.78 is 2.45. The van der Waals surface area contributed by atoms with E-state index in [1.54, 1.807) is 23.1 Å². The van der Waals surface area contributed by atoms with Gasteiger partial charge in [-0.3, -0.25) is 9.48 Å². The summed E-state index contributed by atoms with van der Waals surface area (Å²) in [5.74, 6) is 5.41. The number of hydrogen-bond donors (Lipinski definition) is 3. The number of amides is 1. The molecule has 8 heteroatoms. The van der Waals surface area contributed by atoms with Crippen LogP contribution in [-0.4, -0.2) is 27.2 Å². The molecule has 19 heavy (non-hydrogen) atoms. The lowest BCUT2D eigenvalue weighted by molar-refractivity contribution is 0.0952. The SMILES string of the molecule is NNc1ncc(Br)cc1C(=O)NCCn1cccn1. The molecule has 0 unspecified atom stereocenters. The third-order valence-corrected chi connectivity index (χ3v) is 2.85. The van der Waals surface area contributed by atoms with E-state index in [0.29, 0.717) is 28.9 Å². The van der Waals surface area contributed by atoms with Gasteiger partial charge in [0.1, 0.15) is 0 Å². The number of aromatic nitrogens is 3. The highest BCUT2D eigenvalue weighted by atomic mass is 79.9. The van der Waals surface area contributed by atoms with Crippen molar-refractivity contribution in [2.24, 2.45) is 5.84 Å². The van der Waals surface area contributed by atoms with Gasteiger partial charge in [-0.1, -0.05) is 0 Å². The van der Waals surface area contributed by atoms with Crippen LogP contribution in [-0.2, 0) is 6.54 Å². The van der Waals surface area contributed by atoms with Crippen LogP contribution in [0.1, 0.15) is 10.4 Å². The summed E-state index contributed by atoms with van der Waals surface area (Å²) in [6.07, 6.45) is 5.09. The Bertz CT molecular complexity index is 556. The molecule has 0 aliphatic rings. The minimum absolute atomic E-state index is 0.242. The summed E-state index contributed by atoms with van der Waals surface area (Å²) in [6.45, 7) is 1.07. The van der Waals surface area contributed by atoms with Crippen molar-refractivity contribution < 1.29 is 4.79 Å². The summed E-state index contributed by atoms with van der Waals surface area (Å²) in [5.41, 5.74) is 2.78. The first-order valence-electron chi connectivity index (χ1n) is 5.58. The molecule has 0 radical (unpaired) electrons. The van der Waals surface area contributed by atoms with Crippen molar-refractivity contribution >= 4 is 27.7 Å². The number of nitrogens with zero attached hydrogens (tertiary/aromatic N) is 3. The second kappa shape index (κ2) is 6.30. The normalized spacial score (nSPS) is 10.2. The van der Waals surface area contributed by atoms with E-state index in [-0.39, 0.29) is 5.91 Å². The lowest BCUT2D eigenvalue weighted by Gasteiger charge is -2.09. The van der Waals surface area contributed by atoms with Gasteiger partial charge in [-0.25, -0.2) is 10.8 Å². The predicted molar refractivity (Wildman–Crippen MR) is 74.3 cm³/mol. The first-order chi connectivity index (χ1) is 9.20. The smallest absolute Gasteiger partial charge is 0.255 e. The zero-order valence-corrected chi connectivity index (χ0v) is 11.6. The van der Waals surface area contributed by atoms with Crippen molar-refractivity contribution in [3.05, 3.63) is 40.8 Å². The number of pyridine rings is 1. The maximum Gasteiger partial charge on any atom is 0.255 e. The van der Waals surface area contributed by atoms with Crippen LogP contribution in [0.4, 0.5) is 5.82 Å². The summed E-state index contributed by atoms with van der Waals surface area (Å²) in [7, 11) is 0. The van der Waals surface area contributed by atoms with Crippen molar-refractivity contribution in [1.29, 1.82) is 0 Å². The lowest BCUT2D eigenvalue weighted by atomic mass is 10.2. The Morgan fingerprint density at radius 2 is 2.37 bits per heavy atom. The van der Waals surface area contributed by atoms with E-state index < -0.39 is 0 Å². The zero-order valence-electron chi connectivity index (χ0n) is 10.0. The molecule has 2 aromatic heterocycles. The fourth-order valence-corrected chi connectivity index (χ4v) is 1.87. The number of carbonyl (C=O) groups is 1. The van der Waals surface area contributed by atoms with Crippen LogP contribution in [0.5, 0.6) is 0 Å². The molecule has 100 valence electrons. The van der Waals surface area contributed by atoms with Gasteiger partial charge < -0.3 is 10.7 Å². The lowest BCUT2D eigenvalue weighted by Crippen LogP contribution is -2.29. The Hall–Kier alpha value is -1.93. The van der Waals surface area contributed by atoms with Crippen molar-refractivity contribution in [2.75, 3.05) is 12.0 Å². The number of halogens is 1. The molecule has 0 saturated carbocycles. The molecule has 0 aliphatic carbocycles. The Kier molecular flexibility index (Phi) is 4.48. The van der Waals surface area contributed by atoms with E-state index in [1.165, 1.54) is 0 Å². The van der Waals surface area contributed by atoms with Crippen molar-refractivity contribution in [1.82, 2.24) is 20.1 Å². The molecule has 0 aromatic carbocycles. The molecule has 4 N–H and O–H groups in total. The summed E-state index contributed by atoms with van der Waals surface area (Å²) in [6, 6.07) is 3.49. The van der Waals surface area contributed by atoms with Crippen LogP contribution >= 0.6 is 15.9 Å². The molecular weight excluding hydrogens is 312 g/mol. The van der Waals surface area contributed by atoms with Crippen molar-refractivity contribution in [3.8, 4) is 0 Å². The Balaban J connectivity index is 1.97. The summed E-state index contributed by atoms with van der Waals surface area (Å²) in [4.78, 5) is 16.0. The largest absolute Gasteiger partial charge is 0.350 e. The highest BCUT2D eigenvalue weighted by molar-refractivity contribution is 9.10. The molecule has 2 rings (SSSR count). The van der Waals surface area contributed by atoms with Gasteiger partial charge in [-0.05, 0) is 28.1 Å². The van der Waals surface area contributed by atoms with Crippen LogP contribution in [0.15, 0.2) is 35.2 Å². The van der Waals surface area contributed by atoms with E-state index >= 15 is 0 Å². The molecule has 0 bridgehead atoms. The van der Waals surface area contributed by atoms with E-state index in [2.05, 4.69) is 36.8 Å². The molecule has 1 amide bonds. The number of nitrogen functional groups attached to an aromatic ring is 1. The first kappa shape index (κ1) is 13.5. The van der Waals surface area contributed by atoms with Gasteiger partial charge in [-0.2, -0.15) is 5.10 Å². The average Bonchev–Trinajstić information content (AvgIpc) is 2.91. The molecule has 7 nitrogen and oxygen atoms in total. The van der Waals surface area contributed by atoms with Crippen LogP contribution in [0, 0.1) is 0 Å². The fourth-order valence-electron chi connectivity index (χ4n) is 1.54. The minimum atomic E-state index is -0.242. The standard InChI is InChI=1S/C11H13BrN6O/c12-8-6-9(10(17-13)15-7-8)11(19)14-3-5-18-4-1-2-16-18/h1-2,4,6-7H,3,5,13H2,(H,14,19)(H,15,17). The molecule has 0 fully saturated rings. The second-order valence-corrected chi connectivity index (χ2v) is 4.63. The quantitative estimate of drug-likeness (QED) is 0.557. The first-order valence-corrected chi connectivity index (χ1v) is 6.38. The molecular formula is C11H13BrN6O. The van der Waals surface area contributed by atoms with Gasteiger partial charge in [0.15, 0.2) is 5.82 Å². The topological polar surface area (TPSA) is 97.9 Å². The van der Waals surface area contributed by atoms with Gasteiger partial charge in [0.05, 0.1) is 12.1 Å². The number of anilines is 1. The van der Waals surface area contributed by atoms with Crippen LogP contribution in [0.3, 0.4) is 0 Å². The summed E-state index contributed by atoms with van der Waals surface area (Å²) in [5, 5.41) is 6.83. The second-order valence-electron chi connectivity index (χ2n) is 3.72. The monoisotopic (exact) mass is 324 g/mol. The number of rotatable bonds is 5. The van der Waals surface area contributed by atoms with Gasteiger partial charge in [0.25, 0.3) is 5.91 Å². The molecule has 0 aliphatic heterocycles. The van der Waals surface area contributed by atoms with Gasteiger partial charge in [0, 0.05) is 29.6 Å².